The van der Waals surface area contributed by atoms with Crippen molar-refractivity contribution >= 4 is 19.7 Å². The summed E-state index contributed by atoms with van der Waals surface area (Å²) >= 11 is 0. The van der Waals surface area contributed by atoms with Gasteiger partial charge in [-0.2, -0.15) is 0 Å². The number of amides is 1. The molecule has 8 nitrogen and oxygen atoms in total. The number of allylic oxidation sites excluding steroid dienone is 9. The van der Waals surface area contributed by atoms with Crippen LogP contribution in [0.3, 0.4) is 0 Å². The van der Waals surface area contributed by atoms with Gasteiger partial charge in [0.2, 0.25) is 5.54 Å². The van der Waals surface area contributed by atoms with E-state index in [1.807, 2.05) is 19.1 Å². The zero-order valence-electron chi connectivity index (χ0n) is 19.6. The molecular weight excluding hydrogens is 445 g/mol. The summed E-state index contributed by atoms with van der Waals surface area (Å²) in [5.41, 5.74) is 1.69. The van der Waals surface area contributed by atoms with Crippen molar-refractivity contribution in [2.24, 2.45) is 5.41 Å². The fourth-order valence-corrected chi connectivity index (χ4v) is 4.71. The molecular formula is C24H32NO7P. The van der Waals surface area contributed by atoms with E-state index in [0.29, 0.717) is 5.57 Å². The highest BCUT2D eigenvalue weighted by Gasteiger charge is 2.60. The summed E-state index contributed by atoms with van der Waals surface area (Å²) in [6.45, 7) is 13.4. The fraction of sp³-hybridized carbons (Fsp3) is 0.417. The lowest BCUT2D eigenvalue weighted by Gasteiger charge is -2.42. The van der Waals surface area contributed by atoms with Crippen LogP contribution in [0.1, 0.15) is 53.9 Å². The van der Waals surface area contributed by atoms with Gasteiger partial charge in [-0.05, 0) is 56.6 Å². The molecule has 0 aromatic rings. The number of phosphoric ester groups is 1. The van der Waals surface area contributed by atoms with Crippen molar-refractivity contribution < 1.29 is 33.6 Å². The first-order valence-electron chi connectivity index (χ1n) is 10.6. The van der Waals surface area contributed by atoms with Crippen molar-refractivity contribution in [2.45, 2.75) is 59.4 Å². The molecule has 9 heteroatoms. The Labute approximate surface area is 194 Å². The van der Waals surface area contributed by atoms with Crippen LogP contribution in [0.5, 0.6) is 0 Å². The van der Waals surface area contributed by atoms with Crippen molar-refractivity contribution in [3.8, 4) is 0 Å². The average Bonchev–Trinajstić information content (AvgIpc) is 2.62. The second kappa shape index (κ2) is 9.67. The summed E-state index contributed by atoms with van der Waals surface area (Å²) in [4.78, 5) is 42.1. The van der Waals surface area contributed by atoms with Crippen molar-refractivity contribution in [1.82, 2.24) is 5.32 Å². The number of hydrogen-bond acceptors (Lipinski definition) is 4. The number of hydrogen-bond donors (Lipinski definition) is 4. The SMILES string of the molecule is C=C(OP(=O)(O)O)C1(C(=O)O)NC(=O)/C1=C(C)/C=C/C=C(C)/C=C/C1=C(C)CCCC1(C)C. The van der Waals surface area contributed by atoms with E-state index in [1.54, 1.807) is 12.2 Å². The van der Waals surface area contributed by atoms with Gasteiger partial charge in [0.25, 0.3) is 5.91 Å². The van der Waals surface area contributed by atoms with E-state index in [1.165, 1.54) is 24.5 Å². The van der Waals surface area contributed by atoms with Gasteiger partial charge in [0, 0.05) is 0 Å². The Morgan fingerprint density at radius 3 is 2.39 bits per heavy atom. The van der Waals surface area contributed by atoms with E-state index in [4.69, 9.17) is 9.79 Å². The number of β-lactam (4-membered cyclic amide) rings is 1. The van der Waals surface area contributed by atoms with Crippen molar-refractivity contribution in [1.29, 1.82) is 0 Å². The Morgan fingerprint density at radius 1 is 1.24 bits per heavy atom. The van der Waals surface area contributed by atoms with Crippen LogP contribution in [-0.4, -0.2) is 32.3 Å². The van der Waals surface area contributed by atoms with Crippen LogP contribution < -0.4 is 5.32 Å². The van der Waals surface area contributed by atoms with Gasteiger partial charge in [0.15, 0.2) is 0 Å². The van der Waals surface area contributed by atoms with Gasteiger partial charge in [-0.15, -0.1) is 0 Å². The second-order valence-electron chi connectivity index (χ2n) is 9.11. The number of carboxylic acids is 1. The molecule has 1 saturated heterocycles. The number of carbonyl (C=O) groups is 2. The standard InChI is InChI=1S/C24H32NO7P/c1-15(12-13-19-16(2)11-8-14-23(19,5)6)9-7-10-17(3)20-21(26)25-24(20,22(27)28)18(4)32-33(29,30)31/h7,9-10,12-13H,4,8,11,14H2,1-3,5-6H3,(H,25,26)(H,27,28)(H2,29,30,31)/b10-7+,13-12+,15-9+,20-17-. The quantitative estimate of drug-likeness (QED) is 0.133. The van der Waals surface area contributed by atoms with E-state index in [9.17, 15) is 19.3 Å². The monoisotopic (exact) mass is 477 g/mol. The van der Waals surface area contributed by atoms with Crippen LogP contribution in [0.15, 0.2) is 70.6 Å². The maximum Gasteiger partial charge on any atom is 0.524 e. The number of carbonyl (C=O) groups excluding carboxylic acids is 1. The Kier molecular flexibility index (Phi) is 7.79. The van der Waals surface area contributed by atoms with Gasteiger partial charge in [0.1, 0.15) is 5.76 Å². The molecule has 1 unspecified atom stereocenters. The highest BCUT2D eigenvalue weighted by Crippen LogP contribution is 2.46. The summed E-state index contributed by atoms with van der Waals surface area (Å²) in [5, 5.41) is 11.8. The highest BCUT2D eigenvalue weighted by molar-refractivity contribution is 7.46. The van der Waals surface area contributed by atoms with Crippen LogP contribution in [0.2, 0.25) is 0 Å². The molecule has 1 atom stereocenters. The third-order valence-corrected chi connectivity index (χ3v) is 6.48. The van der Waals surface area contributed by atoms with Crippen LogP contribution in [0, 0.1) is 5.41 Å². The van der Waals surface area contributed by atoms with Gasteiger partial charge in [-0.1, -0.05) is 62.0 Å². The number of nitrogens with one attached hydrogen (secondary N) is 1. The van der Waals surface area contributed by atoms with Crippen LogP contribution in [0.4, 0.5) is 0 Å². The topological polar surface area (TPSA) is 133 Å². The van der Waals surface area contributed by atoms with E-state index >= 15 is 0 Å². The van der Waals surface area contributed by atoms with Crippen LogP contribution in [-0.2, 0) is 18.7 Å². The van der Waals surface area contributed by atoms with Gasteiger partial charge in [-0.25, -0.2) is 9.36 Å². The summed E-state index contributed by atoms with van der Waals surface area (Å²) in [6, 6.07) is 0. The Bertz CT molecular complexity index is 1070. The number of phosphoric acid groups is 1. The zero-order valence-corrected chi connectivity index (χ0v) is 20.5. The number of carboxylic acid groups (broad SMARTS) is 1. The molecule has 0 aromatic carbocycles. The van der Waals surface area contributed by atoms with Crippen molar-refractivity contribution in [2.75, 3.05) is 0 Å². The van der Waals surface area contributed by atoms with Crippen LogP contribution >= 0.6 is 7.82 Å². The lowest BCUT2D eigenvalue weighted by Crippen LogP contribution is -2.69. The lowest BCUT2D eigenvalue weighted by atomic mass is 9.72. The smallest absolute Gasteiger partial charge is 0.479 e. The molecule has 4 N–H and O–H groups in total. The van der Waals surface area contributed by atoms with Gasteiger partial charge < -0.3 is 14.9 Å². The third-order valence-electron chi connectivity index (χ3n) is 6.03. The summed E-state index contributed by atoms with van der Waals surface area (Å²) in [5.74, 6) is -3.01. The van der Waals surface area contributed by atoms with E-state index in [-0.39, 0.29) is 11.0 Å². The summed E-state index contributed by atoms with van der Waals surface area (Å²) < 4.78 is 15.5. The third kappa shape index (κ3) is 5.82. The number of aliphatic carboxylic acids is 1. The Balaban J connectivity index is 2.28. The zero-order chi connectivity index (χ0) is 25.2. The summed E-state index contributed by atoms with van der Waals surface area (Å²) in [7, 11) is -5.06. The molecule has 0 saturated carbocycles. The van der Waals surface area contributed by atoms with Gasteiger partial charge in [0.05, 0.1) is 5.57 Å². The molecule has 33 heavy (non-hydrogen) atoms. The average molecular weight is 477 g/mol. The molecule has 180 valence electrons. The maximum atomic E-state index is 12.1. The lowest BCUT2D eigenvalue weighted by molar-refractivity contribution is -0.149. The second-order valence-corrected chi connectivity index (χ2v) is 10.3. The summed E-state index contributed by atoms with van der Waals surface area (Å²) in [6.07, 6.45) is 12.7. The minimum Gasteiger partial charge on any atom is -0.479 e. The van der Waals surface area contributed by atoms with Crippen LogP contribution in [0.25, 0.3) is 0 Å². The molecule has 0 aromatic heterocycles. The number of rotatable bonds is 8. The molecule has 2 aliphatic rings. The van der Waals surface area contributed by atoms with Crippen molar-refractivity contribution in [3.63, 3.8) is 0 Å². The Morgan fingerprint density at radius 2 is 1.88 bits per heavy atom. The molecule has 0 spiro atoms. The Hall–Kier alpha value is -2.67. The predicted molar refractivity (Wildman–Crippen MR) is 126 cm³/mol. The predicted octanol–water partition coefficient (Wildman–Crippen LogP) is 4.46. The minimum absolute atomic E-state index is 0.130. The molecule has 2 rings (SSSR count). The van der Waals surface area contributed by atoms with Gasteiger partial charge >= 0.3 is 13.8 Å². The van der Waals surface area contributed by atoms with E-state index in [0.717, 1.165) is 18.4 Å². The molecule has 1 aliphatic heterocycles. The van der Waals surface area contributed by atoms with E-state index < -0.39 is 31.0 Å². The minimum atomic E-state index is -5.06. The van der Waals surface area contributed by atoms with E-state index in [2.05, 4.69) is 43.3 Å². The molecule has 1 amide bonds. The largest absolute Gasteiger partial charge is 0.524 e. The molecule has 0 bridgehead atoms. The fourth-order valence-electron chi connectivity index (χ4n) is 4.29. The van der Waals surface area contributed by atoms with Gasteiger partial charge in [-0.3, -0.25) is 14.6 Å². The first-order chi connectivity index (χ1) is 15.1. The van der Waals surface area contributed by atoms with Crippen molar-refractivity contribution in [3.05, 3.63) is 70.6 Å². The molecule has 1 heterocycles. The highest BCUT2D eigenvalue weighted by atomic mass is 31.2. The molecule has 1 fully saturated rings. The normalized spacial score (nSPS) is 25.2. The molecule has 0 radical (unpaired) electrons. The first kappa shape index (κ1) is 26.6. The molecule has 1 aliphatic carbocycles. The first-order valence-corrected chi connectivity index (χ1v) is 12.1. The maximum absolute atomic E-state index is 12.1.